The molecule has 7 heteroatoms. The van der Waals surface area contributed by atoms with Crippen molar-refractivity contribution in [1.82, 2.24) is 0 Å². The van der Waals surface area contributed by atoms with E-state index < -0.39 is 5.97 Å². The first-order valence-electron chi connectivity index (χ1n) is 8.75. The Morgan fingerprint density at radius 1 is 1.18 bits per heavy atom. The minimum absolute atomic E-state index is 0.133. The second-order valence-corrected chi connectivity index (χ2v) is 6.66. The van der Waals surface area contributed by atoms with Crippen LogP contribution in [-0.4, -0.2) is 31.4 Å². The third-order valence-corrected chi connectivity index (χ3v) is 4.68. The number of halogens is 1. The number of ether oxygens (including phenoxy) is 1. The molecule has 0 bridgehead atoms. The van der Waals surface area contributed by atoms with Gasteiger partial charge in [0.05, 0.1) is 23.4 Å². The van der Waals surface area contributed by atoms with Gasteiger partial charge in [0.25, 0.3) is 0 Å². The van der Waals surface area contributed by atoms with Crippen LogP contribution in [0.2, 0.25) is 5.02 Å². The van der Waals surface area contributed by atoms with E-state index in [1.165, 1.54) is 31.4 Å². The lowest BCUT2D eigenvalue weighted by Crippen LogP contribution is -2.23. The Morgan fingerprint density at radius 2 is 1.93 bits per heavy atom. The summed E-state index contributed by atoms with van der Waals surface area (Å²) in [6.45, 7) is 0.738. The molecule has 0 saturated carbocycles. The minimum Gasteiger partial charge on any atom is -0.465 e. The number of nitrogens with one attached hydrogen (secondary N) is 1. The Bertz CT molecular complexity index is 938. The normalized spacial score (nSPS) is 13.8. The number of methoxy groups -OCH3 is 1. The molecule has 0 radical (unpaired) electrons. The Labute approximate surface area is 167 Å². The van der Waals surface area contributed by atoms with E-state index >= 15 is 0 Å². The molecule has 1 heterocycles. The van der Waals surface area contributed by atoms with Crippen molar-refractivity contribution in [1.29, 1.82) is 0 Å². The van der Waals surface area contributed by atoms with E-state index in [-0.39, 0.29) is 11.8 Å². The molecule has 2 aromatic rings. The monoisotopic (exact) mass is 398 g/mol. The molecule has 0 spiro atoms. The molecule has 0 unspecified atom stereocenters. The van der Waals surface area contributed by atoms with Gasteiger partial charge in [-0.1, -0.05) is 23.7 Å². The second-order valence-electron chi connectivity index (χ2n) is 6.25. The summed E-state index contributed by atoms with van der Waals surface area (Å²) in [5.74, 6) is -0.768. The summed E-state index contributed by atoms with van der Waals surface area (Å²) in [5, 5.41) is 2.96. The molecule has 3 rings (SSSR count). The number of benzene rings is 2. The zero-order valence-corrected chi connectivity index (χ0v) is 16.0. The highest BCUT2D eigenvalue weighted by molar-refractivity contribution is 6.34. The zero-order valence-electron chi connectivity index (χ0n) is 15.3. The van der Waals surface area contributed by atoms with Crippen LogP contribution in [0.25, 0.3) is 6.08 Å². The Morgan fingerprint density at radius 3 is 2.57 bits per heavy atom. The average molecular weight is 399 g/mol. The molecule has 28 heavy (non-hydrogen) atoms. The fourth-order valence-corrected chi connectivity index (χ4v) is 3.06. The molecule has 2 aromatic carbocycles. The molecule has 0 aliphatic carbocycles. The average Bonchev–Trinajstić information content (AvgIpc) is 3.13. The maximum absolute atomic E-state index is 12.2. The molecule has 1 fully saturated rings. The van der Waals surface area contributed by atoms with Crippen LogP contribution in [0.1, 0.15) is 28.8 Å². The molecule has 0 atom stereocenters. The summed E-state index contributed by atoms with van der Waals surface area (Å²) in [6, 6.07) is 11.9. The number of hydrogen-bond donors (Lipinski definition) is 1. The predicted molar refractivity (Wildman–Crippen MR) is 108 cm³/mol. The fraction of sp³-hybridized carbons (Fsp3) is 0.190. The van der Waals surface area contributed by atoms with Crippen molar-refractivity contribution in [2.24, 2.45) is 0 Å². The van der Waals surface area contributed by atoms with Gasteiger partial charge < -0.3 is 15.0 Å². The largest absolute Gasteiger partial charge is 0.465 e. The predicted octanol–water partition coefficient (Wildman–Crippen LogP) is 3.91. The van der Waals surface area contributed by atoms with Crippen molar-refractivity contribution in [2.45, 2.75) is 12.8 Å². The third kappa shape index (κ3) is 4.58. The Kier molecular flexibility index (Phi) is 6.11. The summed E-state index contributed by atoms with van der Waals surface area (Å²) in [5.41, 5.74) is 2.29. The van der Waals surface area contributed by atoms with Gasteiger partial charge in [-0.15, -0.1) is 0 Å². The fourth-order valence-electron chi connectivity index (χ4n) is 2.90. The van der Waals surface area contributed by atoms with Gasteiger partial charge in [0, 0.05) is 24.7 Å². The van der Waals surface area contributed by atoms with Crippen LogP contribution in [0.5, 0.6) is 0 Å². The molecular weight excluding hydrogens is 380 g/mol. The van der Waals surface area contributed by atoms with Crippen LogP contribution in [-0.2, 0) is 14.3 Å². The van der Waals surface area contributed by atoms with Crippen molar-refractivity contribution in [3.8, 4) is 0 Å². The van der Waals surface area contributed by atoms with Crippen LogP contribution in [0, 0.1) is 0 Å². The molecule has 1 saturated heterocycles. The highest BCUT2D eigenvalue weighted by atomic mass is 35.5. The van der Waals surface area contributed by atoms with E-state index in [1.807, 2.05) is 24.3 Å². The number of hydrogen-bond acceptors (Lipinski definition) is 4. The van der Waals surface area contributed by atoms with Crippen LogP contribution in [0.4, 0.5) is 11.4 Å². The first-order valence-corrected chi connectivity index (χ1v) is 9.13. The standard InChI is InChI=1S/C21H19ClN2O4/c1-28-21(27)15-7-10-17(22)18(13-15)23-19(25)11-6-14-4-8-16(9-5-14)24-12-2-3-20(24)26/h4-11,13H,2-3,12H2,1H3,(H,23,25)/b11-6+. The van der Waals surface area contributed by atoms with Crippen LogP contribution >= 0.6 is 11.6 Å². The zero-order chi connectivity index (χ0) is 20.1. The molecular formula is C21H19ClN2O4. The van der Waals surface area contributed by atoms with Crippen LogP contribution < -0.4 is 10.2 Å². The Balaban J connectivity index is 1.65. The summed E-state index contributed by atoms with van der Waals surface area (Å²) in [6.07, 6.45) is 4.49. The van der Waals surface area contributed by atoms with Gasteiger partial charge in [-0.2, -0.15) is 0 Å². The molecule has 2 amide bonds. The molecule has 0 aromatic heterocycles. The summed E-state index contributed by atoms with van der Waals surface area (Å²) in [7, 11) is 1.28. The maximum Gasteiger partial charge on any atom is 0.337 e. The lowest BCUT2D eigenvalue weighted by molar-refractivity contribution is -0.117. The van der Waals surface area contributed by atoms with E-state index in [0.717, 1.165) is 24.2 Å². The maximum atomic E-state index is 12.2. The third-order valence-electron chi connectivity index (χ3n) is 4.35. The molecule has 1 N–H and O–H groups in total. The van der Waals surface area contributed by atoms with Gasteiger partial charge in [0.1, 0.15) is 0 Å². The first kappa shape index (κ1) is 19.6. The van der Waals surface area contributed by atoms with Gasteiger partial charge in [-0.05, 0) is 48.4 Å². The first-order chi connectivity index (χ1) is 13.5. The summed E-state index contributed by atoms with van der Waals surface area (Å²) >= 11 is 6.07. The van der Waals surface area contributed by atoms with Crippen molar-refractivity contribution >= 4 is 46.8 Å². The van der Waals surface area contributed by atoms with Crippen LogP contribution in [0.15, 0.2) is 48.5 Å². The quantitative estimate of drug-likeness (QED) is 0.612. The smallest absolute Gasteiger partial charge is 0.337 e. The topological polar surface area (TPSA) is 75.7 Å². The van der Waals surface area contributed by atoms with Gasteiger partial charge >= 0.3 is 5.97 Å². The number of carbonyl (C=O) groups is 3. The molecule has 6 nitrogen and oxygen atoms in total. The minimum atomic E-state index is -0.515. The Hall–Kier alpha value is -3.12. The van der Waals surface area contributed by atoms with Crippen molar-refractivity contribution in [3.63, 3.8) is 0 Å². The van der Waals surface area contributed by atoms with E-state index in [0.29, 0.717) is 22.7 Å². The van der Waals surface area contributed by atoms with Crippen molar-refractivity contribution in [3.05, 3.63) is 64.7 Å². The van der Waals surface area contributed by atoms with Crippen LogP contribution in [0.3, 0.4) is 0 Å². The molecule has 144 valence electrons. The van der Waals surface area contributed by atoms with Gasteiger partial charge in [0.15, 0.2) is 0 Å². The van der Waals surface area contributed by atoms with Crippen molar-refractivity contribution in [2.75, 3.05) is 23.9 Å². The number of anilines is 2. The highest BCUT2D eigenvalue weighted by Gasteiger charge is 2.21. The summed E-state index contributed by atoms with van der Waals surface area (Å²) < 4.78 is 4.66. The highest BCUT2D eigenvalue weighted by Crippen LogP contribution is 2.24. The summed E-state index contributed by atoms with van der Waals surface area (Å²) in [4.78, 5) is 37.3. The number of carbonyl (C=O) groups excluding carboxylic acids is 3. The number of esters is 1. The van der Waals surface area contributed by atoms with Gasteiger partial charge in [-0.25, -0.2) is 4.79 Å². The lowest BCUT2D eigenvalue weighted by Gasteiger charge is -2.15. The number of rotatable bonds is 5. The van der Waals surface area contributed by atoms with E-state index in [9.17, 15) is 14.4 Å². The van der Waals surface area contributed by atoms with E-state index in [2.05, 4.69) is 10.1 Å². The molecule has 1 aliphatic rings. The van der Waals surface area contributed by atoms with E-state index in [4.69, 9.17) is 11.6 Å². The second kappa shape index (κ2) is 8.71. The van der Waals surface area contributed by atoms with Gasteiger partial charge in [0.2, 0.25) is 11.8 Å². The number of amides is 2. The molecule has 1 aliphatic heterocycles. The SMILES string of the molecule is COC(=O)c1ccc(Cl)c(NC(=O)/C=C/c2ccc(N3CCCC3=O)cc2)c1. The van der Waals surface area contributed by atoms with E-state index in [1.54, 1.807) is 11.0 Å². The van der Waals surface area contributed by atoms with Gasteiger partial charge in [-0.3, -0.25) is 9.59 Å². The van der Waals surface area contributed by atoms with Crippen molar-refractivity contribution < 1.29 is 19.1 Å². The number of nitrogens with zero attached hydrogens (tertiary/aromatic N) is 1. The lowest BCUT2D eigenvalue weighted by atomic mass is 10.1.